The quantitative estimate of drug-likeness (QED) is 0.687. The highest BCUT2D eigenvalue weighted by molar-refractivity contribution is 5.82. The molecule has 1 heterocycles. The SMILES string of the molecule is COC(=O)C1Cc2ccc(F)cc2N1. The molecule has 1 aliphatic heterocycles. The van der Waals surface area contributed by atoms with Crippen molar-refractivity contribution in [2.45, 2.75) is 12.5 Å². The molecule has 1 aliphatic rings. The lowest BCUT2D eigenvalue weighted by molar-refractivity contribution is -0.141. The first-order valence-electron chi connectivity index (χ1n) is 4.33. The maximum atomic E-state index is 12.8. The molecule has 4 heteroatoms. The molecule has 3 nitrogen and oxygen atoms in total. The molecule has 0 saturated carbocycles. The molecule has 2 rings (SSSR count). The van der Waals surface area contributed by atoms with Crippen LogP contribution in [0, 0.1) is 5.82 Å². The van der Waals surface area contributed by atoms with Gasteiger partial charge in [-0.15, -0.1) is 0 Å². The highest BCUT2D eigenvalue weighted by Gasteiger charge is 2.27. The minimum absolute atomic E-state index is 0.304. The van der Waals surface area contributed by atoms with Crippen LogP contribution in [0.5, 0.6) is 0 Å². The number of anilines is 1. The molecule has 1 aromatic carbocycles. The van der Waals surface area contributed by atoms with Crippen LogP contribution < -0.4 is 5.32 Å². The molecule has 1 aromatic rings. The molecule has 0 saturated heterocycles. The Hall–Kier alpha value is -1.58. The smallest absolute Gasteiger partial charge is 0.328 e. The van der Waals surface area contributed by atoms with Gasteiger partial charge in [-0.3, -0.25) is 0 Å². The molecule has 0 fully saturated rings. The van der Waals surface area contributed by atoms with Gasteiger partial charge < -0.3 is 10.1 Å². The number of methoxy groups -OCH3 is 1. The van der Waals surface area contributed by atoms with Crippen LogP contribution in [0.4, 0.5) is 10.1 Å². The van der Waals surface area contributed by atoms with Gasteiger partial charge >= 0.3 is 5.97 Å². The van der Waals surface area contributed by atoms with Crippen molar-refractivity contribution in [2.24, 2.45) is 0 Å². The largest absolute Gasteiger partial charge is 0.467 e. The van der Waals surface area contributed by atoms with Gasteiger partial charge in [-0.2, -0.15) is 0 Å². The van der Waals surface area contributed by atoms with Gasteiger partial charge in [-0.1, -0.05) is 6.07 Å². The number of halogens is 1. The second-order valence-electron chi connectivity index (χ2n) is 3.23. The van der Waals surface area contributed by atoms with E-state index in [1.54, 1.807) is 6.07 Å². The number of esters is 1. The van der Waals surface area contributed by atoms with Crippen molar-refractivity contribution in [1.29, 1.82) is 0 Å². The molecule has 1 N–H and O–H groups in total. The number of hydrogen-bond acceptors (Lipinski definition) is 3. The van der Waals surface area contributed by atoms with E-state index in [1.807, 2.05) is 0 Å². The van der Waals surface area contributed by atoms with Gasteiger partial charge in [0.25, 0.3) is 0 Å². The zero-order valence-electron chi connectivity index (χ0n) is 7.71. The number of fused-ring (bicyclic) bond motifs is 1. The van der Waals surface area contributed by atoms with E-state index in [2.05, 4.69) is 10.1 Å². The molecule has 0 radical (unpaired) electrons. The van der Waals surface area contributed by atoms with Crippen LogP contribution in [0.1, 0.15) is 5.56 Å². The van der Waals surface area contributed by atoms with Crippen molar-refractivity contribution < 1.29 is 13.9 Å². The van der Waals surface area contributed by atoms with Crippen molar-refractivity contribution in [3.63, 3.8) is 0 Å². The molecular weight excluding hydrogens is 185 g/mol. The van der Waals surface area contributed by atoms with Crippen molar-refractivity contribution >= 4 is 11.7 Å². The van der Waals surface area contributed by atoms with E-state index in [-0.39, 0.29) is 17.8 Å². The first-order chi connectivity index (χ1) is 6.70. The van der Waals surface area contributed by atoms with E-state index < -0.39 is 0 Å². The van der Waals surface area contributed by atoms with Gasteiger partial charge in [0.15, 0.2) is 0 Å². The Balaban J connectivity index is 2.22. The van der Waals surface area contributed by atoms with Crippen molar-refractivity contribution in [2.75, 3.05) is 12.4 Å². The third-order valence-corrected chi connectivity index (χ3v) is 2.31. The Labute approximate surface area is 80.9 Å². The van der Waals surface area contributed by atoms with Crippen molar-refractivity contribution in [3.05, 3.63) is 29.6 Å². The van der Waals surface area contributed by atoms with E-state index >= 15 is 0 Å². The summed E-state index contributed by atoms with van der Waals surface area (Å²) in [5, 5.41) is 2.91. The normalized spacial score (nSPS) is 18.6. The minimum atomic E-state index is -0.378. The maximum Gasteiger partial charge on any atom is 0.328 e. The minimum Gasteiger partial charge on any atom is -0.467 e. The fourth-order valence-corrected chi connectivity index (χ4v) is 1.60. The van der Waals surface area contributed by atoms with Crippen LogP contribution in [0.15, 0.2) is 18.2 Å². The number of hydrogen-bond donors (Lipinski definition) is 1. The van der Waals surface area contributed by atoms with Crippen molar-refractivity contribution in [3.8, 4) is 0 Å². The zero-order chi connectivity index (χ0) is 10.1. The first kappa shape index (κ1) is 8.99. The molecule has 0 bridgehead atoms. The summed E-state index contributed by atoms with van der Waals surface area (Å²) in [4.78, 5) is 11.2. The average molecular weight is 195 g/mol. The summed E-state index contributed by atoms with van der Waals surface area (Å²) in [6.07, 6.45) is 0.558. The highest BCUT2D eigenvalue weighted by Crippen LogP contribution is 2.26. The Kier molecular flexibility index (Phi) is 2.11. The van der Waals surface area contributed by atoms with Crippen LogP contribution in [-0.4, -0.2) is 19.1 Å². The molecule has 0 spiro atoms. The number of benzene rings is 1. The second-order valence-corrected chi connectivity index (χ2v) is 3.23. The molecule has 0 amide bonds. The van der Waals surface area contributed by atoms with Crippen LogP contribution in [-0.2, 0) is 16.0 Å². The van der Waals surface area contributed by atoms with Crippen LogP contribution in [0.3, 0.4) is 0 Å². The first-order valence-corrected chi connectivity index (χ1v) is 4.33. The summed E-state index contributed by atoms with van der Waals surface area (Å²) >= 11 is 0. The standard InChI is InChI=1S/C10H10FNO2/c1-14-10(13)9-4-6-2-3-7(11)5-8(6)12-9/h2-3,5,9,12H,4H2,1H3. The second kappa shape index (κ2) is 3.29. The molecule has 1 unspecified atom stereocenters. The van der Waals surface area contributed by atoms with Gasteiger partial charge in [0.1, 0.15) is 11.9 Å². The number of rotatable bonds is 1. The third-order valence-electron chi connectivity index (χ3n) is 2.31. The predicted octanol–water partition coefficient (Wildman–Crippen LogP) is 1.34. The summed E-state index contributed by atoms with van der Waals surface area (Å²) < 4.78 is 17.4. The monoisotopic (exact) mass is 195 g/mol. The van der Waals surface area contributed by atoms with Crippen LogP contribution in [0.25, 0.3) is 0 Å². The number of carbonyl (C=O) groups excluding carboxylic acids is 1. The highest BCUT2D eigenvalue weighted by atomic mass is 19.1. The average Bonchev–Trinajstić information content (AvgIpc) is 2.59. The van der Waals surface area contributed by atoms with Crippen LogP contribution in [0.2, 0.25) is 0 Å². The summed E-state index contributed by atoms with van der Waals surface area (Å²) in [5.74, 6) is -0.622. The molecule has 74 valence electrons. The van der Waals surface area contributed by atoms with Gasteiger partial charge in [0, 0.05) is 12.1 Å². The number of ether oxygens (including phenoxy) is 1. The topological polar surface area (TPSA) is 38.3 Å². The molecule has 0 aromatic heterocycles. The van der Waals surface area contributed by atoms with E-state index in [9.17, 15) is 9.18 Å². The summed E-state index contributed by atoms with van der Waals surface area (Å²) in [7, 11) is 1.34. The molecule has 1 atom stereocenters. The Morgan fingerprint density at radius 1 is 1.64 bits per heavy atom. The van der Waals surface area contributed by atoms with E-state index in [4.69, 9.17) is 0 Å². The summed E-state index contributed by atoms with van der Waals surface area (Å²) in [5.41, 5.74) is 1.63. The lowest BCUT2D eigenvalue weighted by Crippen LogP contribution is -2.27. The summed E-state index contributed by atoms with van der Waals surface area (Å²) in [6, 6.07) is 4.08. The predicted molar refractivity (Wildman–Crippen MR) is 49.5 cm³/mol. The lowest BCUT2D eigenvalue weighted by atomic mass is 10.1. The number of carbonyl (C=O) groups is 1. The molecule has 0 aliphatic carbocycles. The third kappa shape index (κ3) is 1.43. The van der Waals surface area contributed by atoms with Gasteiger partial charge in [-0.25, -0.2) is 9.18 Å². The van der Waals surface area contributed by atoms with Gasteiger partial charge in [0.05, 0.1) is 7.11 Å². The Morgan fingerprint density at radius 2 is 2.43 bits per heavy atom. The Bertz CT molecular complexity index is 378. The van der Waals surface area contributed by atoms with Gasteiger partial charge in [-0.05, 0) is 17.7 Å². The summed E-state index contributed by atoms with van der Waals surface area (Å²) in [6.45, 7) is 0. The zero-order valence-corrected chi connectivity index (χ0v) is 7.71. The van der Waals surface area contributed by atoms with Crippen LogP contribution >= 0.6 is 0 Å². The van der Waals surface area contributed by atoms with Gasteiger partial charge in [0.2, 0.25) is 0 Å². The van der Waals surface area contributed by atoms with E-state index in [0.29, 0.717) is 12.1 Å². The fraction of sp³-hybridized carbons (Fsp3) is 0.300. The maximum absolute atomic E-state index is 12.8. The molecular formula is C10H10FNO2. The van der Waals surface area contributed by atoms with E-state index in [1.165, 1.54) is 19.2 Å². The molecule has 14 heavy (non-hydrogen) atoms. The lowest BCUT2D eigenvalue weighted by Gasteiger charge is -2.07. The van der Waals surface area contributed by atoms with E-state index in [0.717, 1.165) is 5.56 Å². The van der Waals surface area contributed by atoms with Crippen molar-refractivity contribution in [1.82, 2.24) is 0 Å². The number of nitrogens with one attached hydrogen (secondary N) is 1. The fourth-order valence-electron chi connectivity index (χ4n) is 1.60. The Morgan fingerprint density at radius 3 is 3.14 bits per heavy atom.